The fourth-order valence-corrected chi connectivity index (χ4v) is 3.25. The quantitative estimate of drug-likeness (QED) is 0.636. The predicted molar refractivity (Wildman–Crippen MR) is 98.3 cm³/mol. The molecule has 8 nitrogen and oxygen atoms in total. The number of carbonyl (C=O) groups excluding carboxylic acids is 1. The summed E-state index contributed by atoms with van der Waals surface area (Å²) < 4.78 is 12.3. The Balaban J connectivity index is 1.73. The number of nitrogens with one attached hydrogen (secondary N) is 1. The Morgan fingerprint density at radius 1 is 1.35 bits per heavy atom. The van der Waals surface area contributed by atoms with E-state index in [4.69, 9.17) is 9.26 Å². The number of rotatable bonds is 7. The summed E-state index contributed by atoms with van der Waals surface area (Å²) >= 11 is 1.31. The molecule has 0 saturated carbocycles. The number of carbonyl (C=O) groups is 1. The second kappa shape index (κ2) is 8.05. The Morgan fingerprint density at radius 3 is 2.85 bits per heavy atom. The summed E-state index contributed by atoms with van der Waals surface area (Å²) in [4.78, 5) is 12.1. The second-order valence-electron chi connectivity index (χ2n) is 5.41. The van der Waals surface area contributed by atoms with Crippen LogP contribution in [-0.2, 0) is 11.3 Å². The summed E-state index contributed by atoms with van der Waals surface area (Å²) in [6, 6.07) is 9.30. The highest BCUT2D eigenvalue weighted by Crippen LogP contribution is 2.30. The Morgan fingerprint density at radius 2 is 2.15 bits per heavy atom. The standard InChI is InChI=1S/C17H19N5O3S/c1-4-22-16(12-7-5-6-8-13(12)24-3)19-20-17(22)26-10-15(23)18-14-9-11(2)25-21-14/h5-9H,4,10H2,1-3H3,(H,18,21,23). The number of para-hydroxylation sites is 1. The smallest absolute Gasteiger partial charge is 0.236 e. The third-order valence-electron chi connectivity index (χ3n) is 3.61. The van der Waals surface area contributed by atoms with Gasteiger partial charge in [0.25, 0.3) is 0 Å². The topological polar surface area (TPSA) is 95.1 Å². The molecule has 0 radical (unpaired) electrons. The number of hydrogen-bond donors (Lipinski definition) is 1. The van der Waals surface area contributed by atoms with Crippen LogP contribution >= 0.6 is 11.8 Å². The minimum Gasteiger partial charge on any atom is -0.496 e. The minimum absolute atomic E-state index is 0.187. The van der Waals surface area contributed by atoms with Gasteiger partial charge in [0.1, 0.15) is 11.5 Å². The van der Waals surface area contributed by atoms with E-state index in [1.807, 2.05) is 35.8 Å². The molecule has 0 saturated heterocycles. The first-order chi connectivity index (χ1) is 12.6. The van der Waals surface area contributed by atoms with E-state index in [-0.39, 0.29) is 11.7 Å². The molecule has 0 spiro atoms. The zero-order valence-corrected chi connectivity index (χ0v) is 15.5. The van der Waals surface area contributed by atoms with E-state index in [1.54, 1.807) is 20.1 Å². The van der Waals surface area contributed by atoms with Gasteiger partial charge in [-0.1, -0.05) is 29.1 Å². The average Bonchev–Trinajstić information content (AvgIpc) is 3.25. The number of benzene rings is 1. The lowest BCUT2D eigenvalue weighted by atomic mass is 10.2. The average molecular weight is 373 g/mol. The Kier molecular flexibility index (Phi) is 5.57. The summed E-state index contributed by atoms with van der Waals surface area (Å²) in [6.45, 7) is 4.44. The monoisotopic (exact) mass is 373 g/mol. The van der Waals surface area contributed by atoms with E-state index < -0.39 is 0 Å². The lowest BCUT2D eigenvalue weighted by Crippen LogP contribution is -2.14. The number of ether oxygens (including phenoxy) is 1. The van der Waals surface area contributed by atoms with E-state index in [0.29, 0.717) is 29.1 Å². The first-order valence-corrected chi connectivity index (χ1v) is 9.03. The fraction of sp³-hybridized carbons (Fsp3) is 0.294. The first kappa shape index (κ1) is 18.0. The van der Waals surface area contributed by atoms with E-state index in [2.05, 4.69) is 20.7 Å². The van der Waals surface area contributed by atoms with Crippen molar-refractivity contribution in [1.29, 1.82) is 0 Å². The number of methoxy groups -OCH3 is 1. The third kappa shape index (κ3) is 3.88. The molecule has 2 aromatic heterocycles. The molecule has 9 heteroatoms. The van der Waals surface area contributed by atoms with Crippen molar-refractivity contribution in [3.8, 4) is 17.1 Å². The minimum atomic E-state index is -0.187. The molecule has 3 rings (SSSR count). The highest BCUT2D eigenvalue weighted by molar-refractivity contribution is 7.99. The van der Waals surface area contributed by atoms with Gasteiger partial charge in [0.15, 0.2) is 16.8 Å². The summed E-state index contributed by atoms with van der Waals surface area (Å²) in [5.41, 5.74) is 0.860. The van der Waals surface area contributed by atoms with Gasteiger partial charge in [0.2, 0.25) is 5.91 Å². The van der Waals surface area contributed by atoms with Gasteiger partial charge in [-0.2, -0.15) is 0 Å². The molecule has 0 aliphatic heterocycles. The van der Waals surface area contributed by atoms with E-state index in [9.17, 15) is 4.79 Å². The van der Waals surface area contributed by atoms with Gasteiger partial charge in [0, 0.05) is 12.6 Å². The van der Waals surface area contributed by atoms with Crippen molar-refractivity contribution < 1.29 is 14.1 Å². The Hall–Kier alpha value is -2.81. The van der Waals surface area contributed by atoms with Crippen LogP contribution in [0.5, 0.6) is 5.75 Å². The molecule has 136 valence electrons. The van der Waals surface area contributed by atoms with Gasteiger partial charge in [-0.3, -0.25) is 4.79 Å². The lowest BCUT2D eigenvalue weighted by Gasteiger charge is -2.10. The van der Waals surface area contributed by atoms with E-state index in [0.717, 1.165) is 11.3 Å². The zero-order chi connectivity index (χ0) is 18.5. The second-order valence-corrected chi connectivity index (χ2v) is 6.35. The van der Waals surface area contributed by atoms with Gasteiger partial charge < -0.3 is 19.1 Å². The van der Waals surface area contributed by atoms with Crippen molar-refractivity contribution in [1.82, 2.24) is 19.9 Å². The molecule has 3 aromatic rings. The Labute approximate surface area is 154 Å². The predicted octanol–water partition coefficient (Wildman–Crippen LogP) is 3.00. The van der Waals surface area contributed by atoms with Crippen LogP contribution < -0.4 is 10.1 Å². The van der Waals surface area contributed by atoms with Crippen LogP contribution in [0.4, 0.5) is 5.82 Å². The highest BCUT2D eigenvalue weighted by atomic mass is 32.2. The molecule has 1 N–H and O–H groups in total. The van der Waals surface area contributed by atoms with Crippen LogP contribution in [0.3, 0.4) is 0 Å². The van der Waals surface area contributed by atoms with Crippen molar-refractivity contribution in [2.24, 2.45) is 0 Å². The number of aromatic nitrogens is 4. The molecule has 0 aliphatic rings. The summed E-state index contributed by atoms with van der Waals surface area (Å²) in [6.07, 6.45) is 0. The lowest BCUT2D eigenvalue weighted by molar-refractivity contribution is -0.113. The SMILES string of the molecule is CCn1c(SCC(=O)Nc2cc(C)on2)nnc1-c1ccccc1OC. The maximum Gasteiger partial charge on any atom is 0.236 e. The van der Waals surface area contributed by atoms with Crippen LogP contribution in [0.2, 0.25) is 0 Å². The number of nitrogens with zero attached hydrogens (tertiary/aromatic N) is 4. The van der Waals surface area contributed by atoms with E-state index in [1.165, 1.54) is 11.8 Å². The molecule has 0 aliphatic carbocycles. The number of amides is 1. The van der Waals surface area contributed by atoms with E-state index >= 15 is 0 Å². The molecule has 1 aromatic carbocycles. The zero-order valence-electron chi connectivity index (χ0n) is 14.7. The van der Waals surface area contributed by atoms with Gasteiger partial charge in [-0.15, -0.1) is 10.2 Å². The maximum absolute atomic E-state index is 12.1. The van der Waals surface area contributed by atoms with Crippen molar-refractivity contribution in [2.45, 2.75) is 25.5 Å². The van der Waals surface area contributed by atoms with Crippen LogP contribution in [0.25, 0.3) is 11.4 Å². The van der Waals surface area contributed by atoms with Crippen LogP contribution in [0, 0.1) is 6.92 Å². The number of aryl methyl sites for hydroxylation is 1. The van der Waals surface area contributed by atoms with Crippen molar-refractivity contribution in [3.63, 3.8) is 0 Å². The molecule has 26 heavy (non-hydrogen) atoms. The highest BCUT2D eigenvalue weighted by Gasteiger charge is 2.17. The molecular weight excluding hydrogens is 354 g/mol. The first-order valence-electron chi connectivity index (χ1n) is 8.05. The summed E-state index contributed by atoms with van der Waals surface area (Å²) in [5, 5.41) is 15.6. The molecule has 0 atom stereocenters. The molecule has 1 amide bonds. The van der Waals surface area contributed by atoms with Crippen molar-refractivity contribution >= 4 is 23.5 Å². The third-order valence-corrected chi connectivity index (χ3v) is 4.58. The summed E-state index contributed by atoms with van der Waals surface area (Å²) in [7, 11) is 1.62. The molecule has 2 heterocycles. The molecule has 0 bridgehead atoms. The Bertz CT molecular complexity index is 905. The van der Waals surface area contributed by atoms with Crippen LogP contribution in [-0.4, -0.2) is 38.7 Å². The largest absolute Gasteiger partial charge is 0.496 e. The number of anilines is 1. The van der Waals surface area contributed by atoms with Gasteiger partial charge in [0.05, 0.1) is 18.4 Å². The van der Waals surface area contributed by atoms with Crippen molar-refractivity contribution in [2.75, 3.05) is 18.2 Å². The molecule has 0 fully saturated rings. The molecule has 0 unspecified atom stereocenters. The van der Waals surface area contributed by atoms with Gasteiger partial charge >= 0.3 is 0 Å². The molecular formula is C17H19N5O3S. The maximum atomic E-state index is 12.1. The number of hydrogen-bond acceptors (Lipinski definition) is 7. The van der Waals surface area contributed by atoms with Crippen molar-refractivity contribution in [3.05, 3.63) is 36.1 Å². The summed E-state index contributed by atoms with van der Waals surface area (Å²) in [5.74, 6) is 2.48. The van der Waals surface area contributed by atoms with Crippen LogP contribution in [0.1, 0.15) is 12.7 Å². The van der Waals surface area contributed by atoms with Crippen LogP contribution in [0.15, 0.2) is 40.0 Å². The number of thioether (sulfide) groups is 1. The van der Waals surface area contributed by atoms with Gasteiger partial charge in [-0.25, -0.2) is 0 Å². The normalized spacial score (nSPS) is 10.7. The van der Waals surface area contributed by atoms with Gasteiger partial charge in [-0.05, 0) is 26.0 Å². The fourth-order valence-electron chi connectivity index (χ4n) is 2.44.